The van der Waals surface area contributed by atoms with Gasteiger partial charge in [-0.1, -0.05) is 26.0 Å². The first kappa shape index (κ1) is 22.2. The first-order chi connectivity index (χ1) is 13.0. The number of carbonyl (C=O) groups is 2. The molecule has 1 aliphatic heterocycles. The summed E-state index contributed by atoms with van der Waals surface area (Å²) >= 11 is 0. The molecule has 2 amide bonds. The molecule has 1 aromatic carbocycles. The van der Waals surface area contributed by atoms with E-state index in [0.717, 1.165) is 18.4 Å². The van der Waals surface area contributed by atoms with Gasteiger partial charge in [0.2, 0.25) is 5.91 Å². The summed E-state index contributed by atoms with van der Waals surface area (Å²) in [5.74, 6) is 0.524. The molecule has 7 nitrogen and oxygen atoms in total. The number of ether oxygens (including phenoxy) is 1. The monoisotopic (exact) mass is 390 g/mol. The van der Waals surface area contributed by atoms with Crippen molar-refractivity contribution in [3.63, 3.8) is 0 Å². The Balaban J connectivity index is 1.91. The fourth-order valence-electron chi connectivity index (χ4n) is 3.17. The van der Waals surface area contributed by atoms with Crippen LogP contribution in [0.2, 0.25) is 0 Å². The van der Waals surface area contributed by atoms with Gasteiger partial charge in [-0.05, 0) is 57.2 Å². The highest BCUT2D eigenvalue weighted by Crippen LogP contribution is 2.17. The maximum absolute atomic E-state index is 12.5. The Kier molecular flexibility index (Phi) is 7.43. The standard InChI is InChI=1S/C21H34N4O3/c1-14(2)10-17-12-18(24-23-17)19(26)22-16-9-7-8-15(11-16)13-25(6)20(27)28-21(3,4)5/h7-9,11,14,17-18,23-24H,10,12-13H2,1-6H3,(H,22,26). The van der Waals surface area contributed by atoms with Gasteiger partial charge in [-0.2, -0.15) is 0 Å². The fourth-order valence-corrected chi connectivity index (χ4v) is 3.17. The first-order valence-electron chi connectivity index (χ1n) is 9.88. The van der Waals surface area contributed by atoms with Gasteiger partial charge in [-0.3, -0.25) is 10.2 Å². The van der Waals surface area contributed by atoms with E-state index in [1.54, 1.807) is 7.05 Å². The Morgan fingerprint density at radius 1 is 1.29 bits per heavy atom. The van der Waals surface area contributed by atoms with Crippen molar-refractivity contribution in [2.24, 2.45) is 5.92 Å². The van der Waals surface area contributed by atoms with Gasteiger partial charge in [0, 0.05) is 25.3 Å². The average Bonchev–Trinajstić information content (AvgIpc) is 3.01. The highest BCUT2D eigenvalue weighted by atomic mass is 16.6. The molecule has 1 saturated heterocycles. The smallest absolute Gasteiger partial charge is 0.410 e. The van der Waals surface area contributed by atoms with Crippen LogP contribution in [0.5, 0.6) is 0 Å². The van der Waals surface area contributed by atoms with Crippen molar-refractivity contribution in [2.75, 3.05) is 12.4 Å². The minimum Gasteiger partial charge on any atom is -0.444 e. The largest absolute Gasteiger partial charge is 0.444 e. The third-order valence-electron chi connectivity index (χ3n) is 4.37. The van der Waals surface area contributed by atoms with E-state index in [1.807, 2.05) is 45.0 Å². The van der Waals surface area contributed by atoms with Gasteiger partial charge >= 0.3 is 6.09 Å². The molecule has 1 heterocycles. The van der Waals surface area contributed by atoms with Crippen LogP contribution in [0.25, 0.3) is 0 Å². The van der Waals surface area contributed by atoms with Crippen LogP contribution in [0, 0.1) is 5.92 Å². The van der Waals surface area contributed by atoms with Crippen LogP contribution < -0.4 is 16.2 Å². The molecule has 1 aliphatic rings. The quantitative estimate of drug-likeness (QED) is 0.694. The highest BCUT2D eigenvalue weighted by molar-refractivity contribution is 5.95. The van der Waals surface area contributed by atoms with E-state index in [-0.39, 0.29) is 18.0 Å². The summed E-state index contributed by atoms with van der Waals surface area (Å²) in [6, 6.07) is 7.58. The van der Waals surface area contributed by atoms with E-state index >= 15 is 0 Å². The molecule has 1 fully saturated rings. The number of benzene rings is 1. The molecule has 0 bridgehead atoms. The highest BCUT2D eigenvalue weighted by Gasteiger charge is 2.29. The zero-order chi connectivity index (χ0) is 20.9. The number of amides is 2. The maximum atomic E-state index is 12.5. The van der Waals surface area contributed by atoms with Gasteiger partial charge in [-0.15, -0.1) is 0 Å². The molecule has 0 aliphatic carbocycles. The van der Waals surface area contributed by atoms with Crippen molar-refractivity contribution in [2.45, 2.75) is 71.7 Å². The second-order valence-corrected chi connectivity index (χ2v) is 8.93. The number of hydrogen-bond acceptors (Lipinski definition) is 5. The average molecular weight is 391 g/mol. The Morgan fingerprint density at radius 3 is 2.64 bits per heavy atom. The predicted molar refractivity (Wildman–Crippen MR) is 111 cm³/mol. The minimum absolute atomic E-state index is 0.0589. The molecular weight excluding hydrogens is 356 g/mol. The summed E-state index contributed by atoms with van der Waals surface area (Å²) in [6.45, 7) is 10.3. The normalized spacial score (nSPS) is 19.5. The Hall–Kier alpha value is -2.12. The predicted octanol–water partition coefficient (Wildman–Crippen LogP) is 3.27. The summed E-state index contributed by atoms with van der Waals surface area (Å²) in [6.07, 6.45) is 1.42. The molecule has 28 heavy (non-hydrogen) atoms. The molecule has 156 valence electrons. The van der Waals surface area contributed by atoms with Gasteiger partial charge in [-0.25, -0.2) is 10.2 Å². The molecule has 2 rings (SSSR count). The van der Waals surface area contributed by atoms with Gasteiger partial charge in [0.15, 0.2) is 0 Å². The number of anilines is 1. The summed E-state index contributed by atoms with van der Waals surface area (Å²) < 4.78 is 5.37. The molecule has 0 radical (unpaired) electrons. The fraction of sp³-hybridized carbons (Fsp3) is 0.619. The zero-order valence-corrected chi connectivity index (χ0v) is 17.8. The van der Waals surface area contributed by atoms with Gasteiger partial charge in [0.1, 0.15) is 11.6 Å². The molecule has 0 aromatic heterocycles. The molecular formula is C21H34N4O3. The molecule has 7 heteroatoms. The summed E-state index contributed by atoms with van der Waals surface area (Å²) in [5, 5.41) is 2.96. The third-order valence-corrected chi connectivity index (χ3v) is 4.37. The van der Waals surface area contributed by atoms with Crippen molar-refractivity contribution < 1.29 is 14.3 Å². The number of nitrogens with one attached hydrogen (secondary N) is 3. The number of rotatable bonds is 6. The number of hydrazine groups is 1. The van der Waals surface area contributed by atoms with E-state index in [0.29, 0.717) is 24.2 Å². The second kappa shape index (κ2) is 9.39. The Bertz CT molecular complexity index is 684. The minimum atomic E-state index is -0.531. The third kappa shape index (κ3) is 7.13. The van der Waals surface area contributed by atoms with Crippen molar-refractivity contribution in [1.29, 1.82) is 0 Å². The first-order valence-corrected chi connectivity index (χ1v) is 9.88. The van der Waals surface area contributed by atoms with E-state index in [1.165, 1.54) is 4.90 Å². The lowest BCUT2D eigenvalue weighted by atomic mass is 10.00. The van der Waals surface area contributed by atoms with Crippen LogP contribution in [0.1, 0.15) is 53.0 Å². The summed E-state index contributed by atoms with van der Waals surface area (Å²) in [5.41, 5.74) is 7.39. The number of nitrogens with zero attached hydrogens (tertiary/aromatic N) is 1. The second-order valence-electron chi connectivity index (χ2n) is 8.93. The molecule has 1 aromatic rings. The van der Waals surface area contributed by atoms with E-state index in [9.17, 15) is 9.59 Å². The van der Waals surface area contributed by atoms with E-state index in [2.05, 4.69) is 30.0 Å². The maximum Gasteiger partial charge on any atom is 0.410 e. The SMILES string of the molecule is CC(C)CC1CC(C(=O)Nc2cccc(CN(C)C(=O)OC(C)(C)C)c2)NN1. The van der Waals surface area contributed by atoms with Gasteiger partial charge in [0.05, 0.1) is 0 Å². The Morgan fingerprint density at radius 2 is 2.00 bits per heavy atom. The van der Waals surface area contributed by atoms with Gasteiger partial charge in [0.25, 0.3) is 0 Å². The number of hydrogen-bond donors (Lipinski definition) is 3. The molecule has 0 spiro atoms. The topological polar surface area (TPSA) is 82.7 Å². The molecule has 0 saturated carbocycles. The van der Waals surface area contributed by atoms with Crippen molar-refractivity contribution in [3.8, 4) is 0 Å². The van der Waals surface area contributed by atoms with Crippen LogP contribution in [-0.2, 0) is 16.1 Å². The van der Waals surface area contributed by atoms with Crippen LogP contribution in [-0.4, -0.2) is 41.6 Å². The summed E-state index contributed by atoms with van der Waals surface area (Å²) in [7, 11) is 1.70. The zero-order valence-electron chi connectivity index (χ0n) is 17.8. The van der Waals surface area contributed by atoms with Crippen LogP contribution in [0.15, 0.2) is 24.3 Å². The van der Waals surface area contributed by atoms with E-state index < -0.39 is 5.60 Å². The lowest BCUT2D eigenvalue weighted by Gasteiger charge is -2.24. The lowest BCUT2D eigenvalue weighted by Crippen LogP contribution is -2.40. The molecule has 2 atom stereocenters. The van der Waals surface area contributed by atoms with Crippen molar-refractivity contribution in [1.82, 2.24) is 15.8 Å². The van der Waals surface area contributed by atoms with Crippen molar-refractivity contribution >= 4 is 17.7 Å². The number of carbonyl (C=O) groups excluding carboxylic acids is 2. The molecule has 2 unspecified atom stereocenters. The van der Waals surface area contributed by atoms with E-state index in [4.69, 9.17) is 4.74 Å². The molecule has 3 N–H and O–H groups in total. The van der Waals surface area contributed by atoms with Crippen LogP contribution in [0.4, 0.5) is 10.5 Å². The summed E-state index contributed by atoms with van der Waals surface area (Å²) in [4.78, 5) is 26.2. The van der Waals surface area contributed by atoms with Crippen molar-refractivity contribution in [3.05, 3.63) is 29.8 Å². The van der Waals surface area contributed by atoms with Gasteiger partial charge < -0.3 is 15.0 Å². The van der Waals surface area contributed by atoms with Crippen LogP contribution >= 0.6 is 0 Å². The Labute approximate surface area is 168 Å². The van der Waals surface area contributed by atoms with Crippen LogP contribution in [0.3, 0.4) is 0 Å². The lowest BCUT2D eigenvalue weighted by molar-refractivity contribution is -0.117.